The Morgan fingerprint density at radius 1 is 0.552 bits per heavy atom. The normalized spacial score (nSPS) is 10.9. The van der Waals surface area contributed by atoms with Crippen molar-refractivity contribution in [3.63, 3.8) is 0 Å². The lowest BCUT2D eigenvalue weighted by molar-refractivity contribution is 0.0967. The van der Waals surface area contributed by atoms with Crippen molar-refractivity contribution >= 4 is 16.8 Å². The molecule has 0 aliphatic rings. The monoisotopic (exact) mass is 373 g/mol. The summed E-state index contributed by atoms with van der Waals surface area (Å²) in [5.74, 6) is -0.0252. The summed E-state index contributed by atoms with van der Waals surface area (Å²) in [6.07, 6.45) is 0. The number of nitrogens with zero attached hydrogens (tertiary/aromatic N) is 1. The van der Waals surface area contributed by atoms with Crippen molar-refractivity contribution in [1.29, 1.82) is 0 Å². The molecule has 5 aromatic rings. The number of hydrogen-bond acceptors (Lipinski definition) is 1. The van der Waals surface area contributed by atoms with E-state index in [1.54, 1.807) is 0 Å². The van der Waals surface area contributed by atoms with Crippen LogP contribution in [0.3, 0.4) is 0 Å². The van der Waals surface area contributed by atoms with Gasteiger partial charge >= 0.3 is 0 Å². The number of aromatic nitrogens is 1. The van der Waals surface area contributed by atoms with Crippen LogP contribution in [-0.2, 0) is 0 Å². The first-order chi connectivity index (χ1) is 14.3. The molecule has 0 radical (unpaired) electrons. The minimum atomic E-state index is -0.0252. The lowest BCUT2D eigenvalue weighted by atomic mass is 9.98. The van der Waals surface area contributed by atoms with Crippen LogP contribution in [0.1, 0.15) is 10.4 Å². The highest BCUT2D eigenvalue weighted by Crippen LogP contribution is 2.41. The zero-order chi connectivity index (χ0) is 19.6. The largest absolute Gasteiger partial charge is 0.275 e. The van der Waals surface area contributed by atoms with Gasteiger partial charge in [-0.1, -0.05) is 97.1 Å². The average molecular weight is 373 g/mol. The molecule has 5 rings (SSSR count). The van der Waals surface area contributed by atoms with E-state index < -0.39 is 0 Å². The Kier molecular flexibility index (Phi) is 4.30. The highest BCUT2D eigenvalue weighted by atomic mass is 16.2. The van der Waals surface area contributed by atoms with E-state index in [1.807, 2.05) is 89.5 Å². The summed E-state index contributed by atoms with van der Waals surface area (Å²) in [6.45, 7) is 0. The van der Waals surface area contributed by atoms with Crippen molar-refractivity contribution in [1.82, 2.24) is 4.57 Å². The zero-order valence-electron chi connectivity index (χ0n) is 15.8. The molecule has 0 amide bonds. The number of carbonyl (C=O) groups excluding carboxylic acids is 1. The van der Waals surface area contributed by atoms with E-state index in [2.05, 4.69) is 30.3 Å². The maximum Gasteiger partial charge on any atom is 0.262 e. The highest BCUT2D eigenvalue weighted by Gasteiger charge is 2.24. The maximum absolute atomic E-state index is 13.7. The summed E-state index contributed by atoms with van der Waals surface area (Å²) in [5.41, 5.74) is 5.71. The van der Waals surface area contributed by atoms with Crippen molar-refractivity contribution in [2.75, 3.05) is 0 Å². The standard InChI is InChI=1S/C27H19NO/c29-27(22-16-8-3-9-17-22)28-24-19-11-10-18-23(24)25(20-12-4-1-5-13-20)26(28)21-14-6-2-7-15-21/h1-19H. The van der Waals surface area contributed by atoms with Gasteiger partial charge in [-0.05, 0) is 29.3 Å². The summed E-state index contributed by atoms with van der Waals surface area (Å²) in [5, 5.41) is 1.07. The highest BCUT2D eigenvalue weighted by molar-refractivity contribution is 6.13. The van der Waals surface area contributed by atoms with Crippen LogP contribution in [0, 0.1) is 0 Å². The van der Waals surface area contributed by atoms with E-state index in [-0.39, 0.29) is 5.91 Å². The first kappa shape index (κ1) is 17.2. The van der Waals surface area contributed by atoms with Crippen molar-refractivity contribution in [2.45, 2.75) is 0 Å². The van der Waals surface area contributed by atoms with Crippen LogP contribution in [0.15, 0.2) is 115 Å². The zero-order valence-corrected chi connectivity index (χ0v) is 15.8. The Morgan fingerprint density at radius 2 is 1.07 bits per heavy atom. The van der Waals surface area contributed by atoms with Gasteiger partial charge in [0.15, 0.2) is 0 Å². The van der Waals surface area contributed by atoms with Gasteiger partial charge in [0.2, 0.25) is 0 Å². The smallest absolute Gasteiger partial charge is 0.262 e. The molecule has 1 aromatic heterocycles. The van der Waals surface area contributed by atoms with Gasteiger partial charge < -0.3 is 0 Å². The van der Waals surface area contributed by atoms with E-state index in [0.717, 1.165) is 33.3 Å². The van der Waals surface area contributed by atoms with Gasteiger partial charge in [0.1, 0.15) is 0 Å². The second-order valence-electron chi connectivity index (χ2n) is 6.98. The third kappa shape index (κ3) is 2.95. The van der Waals surface area contributed by atoms with Crippen LogP contribution in [0.4, 0.5) is 0 Å². The Morgan fingerprint density at radius 3 is 1.72 bits per heavy atom. The van der Waals surface area contributed by atoms with Gasteiger partial charge in [-0.2, -0.15) is 0 Å². The number of carbonyl (C=O) groups is 1. The fraction of sp³-hybridized carbons (Fsp3) is 0. The lowest BCUT2D eigenvalue weighted by Crippen LogP contribution is -2.13. The number of benzene rings is 4. The van der Waals surface area contributed by atoms with Crippen LogP contribution in [-0.4, -0.2) is 10.5 Å². The summed E-state index contributed by atoms with van der Waals surface area (Å²) >= 11 is 0. The molecular weight excluding hydrogens is 354 g/mol. The number of fused-ring (bicyclic) bond motifs is 1. The van der Waals surface area contributed by atoms with Gasteiger partial charge in [-0.15, -0.1) is 0 Å². The Hall–Kier alpha value is -3.91. The fourth-order valence-electron chi connectivity index (χ4n) is 3.93. The van der Waals surface area contributed by atoms with Crippen molar-refractivity contribution in [3.8, 4) is 22.4 Å². The minimum Gasteiger partial charge on any atom is -0.275 e. The molecule has 0 bridgehead atoms. The van der Waals surface area contributed by atoms with Gasteiger partial charge in [0.05, 0.1) is 11.2 Å². The molecular formula is C27H19NO. The molecule has 0 aliphatic heterocycles. The molecule has 29 heavy (non-hydrogen) atoms. The molecule has 0 saturated heterocycles. The summed E-state index contributed by atoms with van der Waals surface area (Å²) in [7, 11) is 0. The first-order valence-electron chi connectivity index (χ1n) is 9.68. The Bertz CT molecular complexity index is 1290. The molecule has 0 saturated carbocycles. The molecule has 2 heteroatoms. The van der Waals surface area contributed by atoms with E-state index in [1.165, 1.54) is 0 Å². The number of rotatable bonds is 3. The maximum atomic E-state index is 13.7. The van der Waals surface area contributed by atoms with Gasteiger partial charge in [0.25, 0.3) is 5.91 Å². The quantitative estimate of drug-likeness (QED) is 0.346. The molecule has 0 spiro atoms. The van der Waals surface area contributed by atoms with E-state index in [0.29, 0.717) is 5.56 Å². The van der Waals surface area contributed by atoms with Crippen LogP contribution < -0.4 is 0 Å². The molecule has 0 fully saturated rings. The van der Waals surface area contributed by atoms with Gasteiger partial charge in [-0.3, -0.25) is 9.36 Å². The molecule has 4 aromatic carbocycles. The van der Waals surface area contributed by atoms with Crippen LogP contribution >= 0.6 is 0 Å². The average Bonchev–Trinajstić information content (AvgIpc) is 3.15. The second kappa shape index (κ2) is 7.25. The summed E-state index contributed by atoms with van der Waals surface area (Å²) in [6, 6.07) is 38.1. The minimum absolute atomic E-state index is 0.0252. The predicted octanol–water partition coefficient (Wildman–Crippen LogP) is 6.66. The molecule has 0 aliphatic carbocycles. The molecule has 2 nitrogen and oxygen atoms in total. The predicted molar refractivity (Wildman–Crippen MR) is 119 cm³/mol. The molecule has 0 N–H and O–H groups in total. The van der Waals surface area contributed by atoms with Crippen molar-refractivity contribution < 1.29 is 4.79 Å². The van der Waals surface area contributed by atoms with Crippen molar-refractivity contribution in [3.05, 3.63) is 121 Å². The van der Waals surface area contributed by atoms with Crippen molar-refractivity contribution in [2.24, 2.45) is 0 Å². The lowest BCUT2D eigenvalue weighted by Gasteiger charge is -2.12. The fourth-order valence-corrected chi connectivity index (χ4v) is 3.93. The summed E-state index contributed by atoms with van der Waals surface area (Å²) < 4.78 is 1.86. The topological polar surface area (TPSA) is 22.0 Å². The van der Waals surface area contributed by atoms with Crippen LogP contribution in [0.5, 0.6) is 0 Å². The Balaban J connectivity index is 1.91. The molecule has 138 valence electrons. The van der Waals surface area contributed by atoms with E-state index in [4.69, 9.17) is 0 Å². The first-order valence-corrected chi connectivity index (χ1v) is 9.68. The SMILES string of the molecule is O=C(c1ccccc1)n1c(-c2ccccc2)c(-c2ccccc2)c2ccccc21. The third-order valence-electron chi connectivity index (χ3n) is 5.21. The van der Waals surface area contributed by atoms with E-state index >= 15 is 0 Å². The molecule has 1 heterocycles. The third-order valence-corrected chi connectivity index (χ3v) is 5.21. The molecule has 0 atom stereocenters. The molecule has 0 unspecified atom stereocenters. The summed E-state index contributed by atoms with van der Waals surface area (Å²) in [4.78, 5) is 13.7. The second-order valence-corrected chi connectivity index (χ2v) is 6.98. The van der Waals surface area contributed by atoms with Crippen LogP contribution in [0.2, 0.25) is 0 Å². The number of para-hydroxylation sites is 1. The van der Waals surface area contributed by atoms with Gasteiger partial charge in [0, 0.05) is 16.5 Å². The number of hydrogen-bond donors (Lipinski definition) is 0. The van der Waals surface area contributed by atoms with E-state index in [9.17, 15) is 4.79 Å². The van der Waals surface area contributed by atoms with Gasteiger partial charge in [-0.25, -0.2) is 0 Å². The Labute approximate surface area is 169 Å². The van der Waals surface area contributed by atoms with Crippen LogP contribution in [0.25, 0.3) is 33.3 Å².